The average Bonchev–Trinajstić information content (AvgIpc) is 2.45. The predicted octanol–water partition coefficient (Wildman–Crippen LogP) is 2.63. The fraction of sp³-hybridized carbons (Fsp3) is 0.333. The first kappa shape index (κ1) is 15.3. The van der Waals surface area contributed by atoms with E-state index in [4.69, 9.17) is 0 Å². The van der Waals surface area contributed by atoms with E-state index >= 15 is 0 Å². The van der Waals surface area contributed by atoms with Crippen LogP contribution in [-0.2, 0) is 0 Å². The highest BCUT2D eigenvalue weighted by molar-refractivity contribution is 7.99. The van der Waals surface area contributed by atoms with E-state index in [0.717, 1.165) is 0 Å². The lowest BCUT2D eigenvalue weighted by molar-refractivity contribution is 0.810. The third-order valence-corrected chi connectivity index (χ3v) is 3.79. The number of H-pyrrole nitrogens is 1. The van der Waals surface area contributed by atoms with Crippen LogP contribution in [0.15, 0.2) is 34.3 Å². The van der Waals surface area contributed by atoms with E-state index in [9.17, 15) is 10.1 Å². The molecular weight excluding hydrogens is 284 g/mol. The van der Waals surface area contributed by atoms with E-state index in [1.807, 2.05) is 19.9 Å². The largest absolute Gasteiger partial charge is 0.301 e. The van der Waals surface area contributed by atoms with Gasteiger partial charge >= 0.3 is 0 Å². The zero-order valence-electron chi connectivity index (χ0n) is 12.1. The fourth-order valence-corrected chi connectivity index (χ4v) is 2.65. The van der Waals surface area contributed by atoms with E-state index < -0.39 is 5.92 Å². The molecule has 0 bridgehead atoms. The van der Waals surface area contributed by atoms with E-state index in [2.05, 4.69) is 21.0 Å². The summed E-state index contributed by atoms with van der Waals surface area (Å²) >= 11 is 1.46. The number of thioether (sulfide) groups is 1. The van der Waals surface area contributed by atoms with Gasteiger partial charge in [0.15, 0.2) is 5.16 Å². The Morgan fingerprint density at radius 3 is 2.71 bits per heavy atom. The molecule has 6 heteroatoms. The van der Waals surface area contributed by atoms with Gasteiger partial charge < -0.3 is 4.98 Å². The Balaban J connectivity index is 2.54. The van der Waals surface area contributed by atoms with Crippen molar-refractivity contribution in [2.75, 3.05) is 0 Å². The maximum absolute atomic E-state index is 12.1. The second-order valence-electron chi connectivity index (χ2n) is 4.86. The molecule has 0 aliphatic carbocycles. The molecule has 0 fully saturated rings. The van der Waals surface area contributed by atoms with Crippen LogP contribution in [-0.4, -0.2) is 20.2 Å². The number of nitriles is 1. The first-order chi connectivity index (χ1) is 10.0. The highest BCUT2D eigenvalue weighted by Crippen LogP contribution is 2.25. The third kappa shape index (κ3) is 3.50. The number of hydrogen-bond acceptors (Lipinski definition) is 5. The Bertz CT molecular complexity index is 719. The molecule has 1 unspecified atom stereocenters. The number of aromatic nitrogens is 3. The molecule has 2 aromatic heterocycles. The minimum absolute atomic E-state index is 0.209. The summed E-state index contributed by atoms with van der Waals surface area (Å²) in [4.78, 5) is 23.5. The lowest BCUT2D eigenvalue weighted by Crippen LogP contribution is -2.19. The Morgan fingerprint density at radius 2 is 2.14 bits per heavy atom. The fourth-order valence-electron chi connectivity index (χ4n) is 1.90. The Kier molecular flexibility index (Phi) is 4.76. The molecule has 21 heavy (non-hydrogen) atoms. The summed E-state index contributed by atoms with van der Waals surface area (Å²) in [5.41, 5.74) is 1.32. The SMILES string of the molecule is Cc1c(C(C#N)c2ccccn2)nc(SC(C)C)[nH]c1=O. The molecule has 0 spiro atoms. The summed E-state index contributed by atoms with van der Waals surface area (Å²) in [6.07, 6.45) is 1.63. The van der Waals surface area contributed by atoms with Crippen LogP contribution in [0.3, 0.4) is 0 Å². The summed E-state index contributed by atoms with van der Waals surface area (Å²) < 4.78 is 0. The zero-order chi connectivity index (χ0) is 15.4. The summed E-state index contributed by atoms with van der Waals surface area (Å²) in [5.74, 6) is -0.639. The van der Waals surface area contributed by atoms with Gasteiger partial charge in [-0.1, -0.05) is 31.7 Å². The van der Waals surface area contributed by atoms with Gasteiger partial charge in [-0.05, 0) is 19.1 Å². The number of nitrogens with one attached hydrogen (secondary N) is 1. The van der Waals surface area contributed by atoms with Crippen molar-refractivity contribution in [3.63, 3.8) is 0 Å². The van der Waals surface area contributed by atoms with Crippen LogP contribution in [0.2, 0.25) is 0 Å². The van der Waals surface area contributed by atoms with Crippen molar-refractivity contribution in [3.8, 4) is 6.07 Å². The van der Waals surface area contributed by atoms with E-state index in [1.165, 1.54) is 11.8 Å². The average molecular weight is 300 g/mol. The molecule has 0 aromatic carbocycles. The van der Waals surface area contributed by atoms with Gasteiger partial charge in [0.2, 0.25) is 0 Å². The Labute approximate surface area is 127 Å². The molecular formula is C15H16N4OS. The predicted molar refractivity (Wildman–Crippen MR) is 82.3 cm³/mol. The van der Waals surface area contributed by atoms with Gasteiger partial charge in [-0.3, -0.25) is 9.78 Å². The second-order valence-corrected chi connectivity index (χ2v) is 6.43. The number of pyridine rings is 1. The highest BCUT2D eigenvalue weighted by atomic mass is 32.2. The molecule has 0 radical (unpaired) electrons. The molecule has 2 rings (SSSR count). The number of aromatic amines is 1. The molecule has 1 N–H and O–H groups in total. The maximum Gasteiger partial charge on any atom is 0.254 e. The molecule has 2 aromatic rings. The number of rotatable bonds is 4. The highest BCUT2D eigenvalue weighted by Gasteiger charge is 2.21. The number of hydrogen-bond donors (Lipinski definition) is 1. The van der Waals surface area contributed by atoms with Crippen LogP contribution in [0.25, 0.3) is 0 Å². The van der Waals surface area contributed by atoms with Gasteiger partial charge in [-0.2, -0.15) is 5.26 Å². The van der Waals surface area contributed by atoms with Crippen molar-refractivity contribution in [3.05, 3.63) is 51.7 Å². The van der Waals surface area contributed by atoms with Gasteiger partial charge in [0.05, 0.1) is 17.5 Å². The van der Waals surface area contributed by atoms with E-state index in [0.29, 0.717) is 27.4 Å². The van der Waals surface area contributed by atoms with Crippen molar-refractivity contribution in [2.24, 2.45) is 0 Å². The van der Waals surface area contributed by atoms with Crippen LogP contribution in [0.4, 0.5) is 0 Å². The van der Waals surface area contributed by atoms with Crippen LogP contribution < -0.4 is 5.56 Å². The molecule has 0 amide bonds. The summed E-state index contributed by atoms with van der Waals surface area (Å²) in [6.45, 7) is 5.72. The van der Waals surface area contributed by atoms with Crippen LogP contribution in [0.1, 0.15) is 36.7 Å². The van der Waals surface area contributed by atoms with Crippen molar-refractivity contribution >= 4 is 11.8 Å². The van der Waals surface area contributed by atoms with Gasteiger partial charge in [0.1, 0.15) is 5.92 Å². The topological polar surface area (TPSA) is 82.4 Å². The van der Waals surface area contributed by atoms with Crippen molar-refractivity contribution in [1.82, 2.24) is 15.0 Å². The maximum atomic E-state index is 12.1. The van der Waals surface area contributed by atoms with Gasteiger partial charge in [0, 0.05) is 17.0 Å². The molecule has 0 saturated heterocycles. The first-order valence-corrected chi connectivity index (χ1v) is 7.49. The van der Waals surface area contributed by atoms with E-state index in [1.54, 1.807) is 25.3 Å². The standard InChI is InChI=1S/C15H16N4OS/c1-9(2)21-15-18-13(10(3)14(20)19-15)11(8-16)12-6-4-5-7-17-12/h4-7,9,11H,1-3H3,(H,18,19,20). The smallest absolute Gasteiger partial charge is 0.254 e. The minimum Gasteiger partial charge on any atom is -0.301 e. The lowest BCUT2D eigenvalue weighted by atomic mass is 9.99. The Morgan fingerprint density at radius 1 is 1.38 bits per heavy atom. The lowest BCUT2D eigenvalue weighted by Gasteiger charge is -2.12. The van der Waals surface area contributed by atoms with Gasteiger partial charge in [-0.25, -0.2) is 4.98 Å². The summed E-state index contributed by atoms with van der Waals surface area (Å²) in [6, 6.07) is 7.57. The zero-order valence-corrected chi connectivity index (χ0v) is 12.9. The van der Waals surface area contributed by atoms with Gasteiger partial charge in [0.25, 0.3) is 5.56 Å². The minimum atomic E-state index is -0.639. The van der Waals surface area contributed by atoms with Crippen molar-refractivity contribution in [2.45, 2.75) is 37.1 Å². The normalized spacial score (nSPS) is 12.1. The number of nitrogens with zero attached hydrogens (tertiary/aromatic N) is 3. The third-order valence-electron chi connectivity index (χ3n) is 2.90. The van der Waals surface area contributed by atoms with Gasteiger partial charge in [-0.15, -0.1) is 0 Å². The molecule has 1 atom stereocenters. The van der Waals surface area contributed by atoms with Crippen LogP contribution in [0, 0.1) is 18.3 Å². The van der Waals surface area contributed by atoms with Crippen LogP contribution >= 0.6 is 11.8 Å². The van der Waals surface area contributed by atoms with E-state index in [-0.39, 0.29) is 5.56 Å². The summed E-state index contributed by atoms with van der Waals surface area (Å²) in [5, 5.41) is 10.3. The quantitative estimate of drug-likeness (QED) is 0.693. The Hall–Kier alpha value is -2.13. The van der Waals surface area contributed by atoms with Crippen molar-refractivity contribution < 1.29 is 0 Å². The molecule has 108 valence electrons. The second kappa shape index (κ2) is 6.55. The molecule has 0 aliphatic rings. The molecule has 5 nitrogen and oxygen atoms in total. The first-order valence-electron chi connectivity index (χ1n) is 6.61. The molecule has 0 aliphatic heterocycles. The monoisotopic (exact) mass is 300 g/mol. The van der Waals surface area contributed by atoms with Crippen molar-refractivity contribution in [1.29, 1.82) is 5.26 Å². The van der Waals surface area contributed by atoms with Crippen LogP contribution in [0.5, 0.6) is 0 Å². The molecule has 0 saturated carbocycles. The molecule has 2 heterocycles. The summed E-state index contributed by atoms with van der Waals surface area (Å²) in [7, 11) is 0.